The van der Waals surface area contributed by atoms with E-state index in [1.54, 1.807) is 42.5 Å². The van der Waals surface area contributed by atoms with E-state index in [2.05, 4.69) is 5.32 Å². The van der Waals surface area contributed by atoms with Crippen molar-refractivity contribution in [3.05, 3.63) is 98.9 Å². The van der Waals surface area contributed by atoms with Gasteiger partial charge in [0.25, 0.3) is 5.56 Å². The molecule has 0 unspecified atom stereocenters. The molecule has 3 aromatic carbocycles. The Morgan fingerprint density at radius 3 is 2.32 bits per heavy atom. The summed E-state index contributed by atoms with van der Waals surface area (Å²) >= 11 is 0. The van der Waals surface area contributed by atoms with Gasteiger partial charge in [-0.15, -0.1) is 0 Å². The minimum atomic E-state index is -0.643. The zero-order valence-corrected chi connectivity index (χ0v) is 18.6. The van der Waals surface area contributed by atoms with Gasteiger partial charge >= 0.3 is 5.69 Å². The fraction of sp³-hybridized carbons (Fsp3) is 0.160. The first-order valence-electron chi connectivity index (χ1n) is 10.4. The van der Waals surface area contributed by atoms with Gasteiger partial charge in [0.05, 0.1) is 31.7 Å². The molecule has 0 saturated carbocycles. The van der Waals surface area contributed by atoms with E-state index in [4.69, 9.17) is 9.47 Å². The summed E-state index contributed by atoms with van der Waals surface area (Å²) < 4.78 is 26.0. The molecule has 0 fully saturated rings. The molecule has 8 nitrogen and oxygen atoms in total. The number of hydrogen-bond acceptors (Lipinski definition) is 5. The van der Waals surface area contributed by atoms with E-state index in [1.165, 1.54) is 43.1 Å². The number of ether oxygens (including phenoxy) is 2. The van der Waals surface area contributed by atoms with Gasteiger partial charge in [-0.25, -0.2) is 9.18 Å². The average molecular weight is 463 g/mol. The third kappa shape index (κ3) is 4.54. The lowest BCUT2D eigenvalue weighted by molar-refractivity contribution is -0.116. The van der Waals surface area contributed by atoms with Crippen molar-refractivity contribution in [2.24, 2.45) is 0 Å². The highest BCUT2D eigenvalue weighted by molar-refractivity contribution is 5.92. The molecule has 1 N–H and O–H groups in total. The molecule has 0 saturated heterocycles. The van der Waals surface area contributed by atoms with Crippen molar-refractivity contribution in [3.8, 4) is 11.5 Å². The topological polar surface area (TPSA) is 91.6 Å². The van der Waals surface area contributed by atoms with Crippen LogP contribution in [0.15, 0.2) is 76.3 Å². The highest BCUT2D eigenvalue weighted by Crippen LogP contribution is 2.29. The van der Waals surface area contributed by atoms with Gasteiger partial charge in [-0.05, 0) is 42.0 Å². The van der Waals surface area contributed by atoms with Crippen LogP contribution in [-0.2, 0) is 17.9 Å². The number of benzene rings is 3. The number of halogens is 1. The Hall–Kier alpha value is -4.40. The first kappa shape index (κ1) is 22.8. The second kappa shape index (κ2) is 9.62. The number of fused-ring (bicyclic) bond motifs is 1. The van der Waals surface area contributed by atoms with Gasteiger partial charge < -0.3 is 14.8 Å². The maximum Gasteiger partial charge on any atom is 0.332 e. The maximum atomic E-state index is 13.3. The fourth-order valence-electron chi connectivity index (χ4n) is 3.69. The number of rotatable bonds is 7. The molecule has 9 heteroatoms. The fourth-order valence-corrected chi connectivity index (χ4v) is 3.69. The van der Waals surface area contributed by atoms with Crippen LogP contribution >= 0.6 is 0 Å². The molecule has 1 heterocycles. The molecule has 0 aliphatic rings. The number of nitrogens with zero attached hydrogens (tertiary/aromatic N) is 2. The van der Waals surface area contributed by atoms with Gasteiger partial charge in [-0.1, -0.05) is 24.3 Å². The maximum absolute atomic E-state index is 13.3. The Labute approximate surface area is 193 Å². The van der Waals surface area contributed by atoms with E-state index in [1.807, 2.05) is 0 Å². The number of nitrogens with one attached hydrogen (secondary N) is 1. The Kier molecular flexibility index (Phi) is 6.44. The number of amides is 1. The van der Waals surface area contributed by atoms with Crippen LogP contribution in [0.25, 0.3) is 10.9 Å². The lowest BCUT2D eigenvalue weighted by Gasteiger charge is -2.15. The number of aromatic nitrogens is 2. The Morgan fingerprint density at radius 2 is 1.62 bits per heavy atom. The summed E-state index contributed by atoms with van der Waals surface area (Å²) in [6.45, 7) is -0.378. The molecule has 0 radical (unpaired) electrons. The normalized spacial score (nSPS) is 10.8. The van der Waals surface area contributed by atoms with E-state index in [0.717, 1.165) is 4.57 Å². The SMILES string of the molecule is COc1ccc(NC(=O)Cn2c(=O)n(Cc3ccc(F)cc3)c(=O)c3ccccc32)cc1OC. The third-order valence-corrected chi connectivity index (χ3v) is 5.36. The molecule has 1 amide bonds. The average Bonchev–Trinajstić information content (AvgIpc) is 2.85. The van der Waals surface area contributed by atoms with Crippen molar-refractivity contribution >= 4 is 22.5 Å². The number of para-hydroxylation sites is 1. The van der Waals surface area contributed by atoms with Crippen LogP contribution in [0.5, 0.6) is 11.5 Å². The molecule has 0 aliphatic heterocycles. The number of methoxy groups -OCH3 is 2. The number of anilines is 1. The van der Waals surface area contributed by atoms with Crippen molar-refractivity contribution in [1.29, 1.82) is 0 Å². The second-order valence-electron chi connectivity index (χ2n) is 7.52. The zero-order valence-electron chi connectivity index (χ0n) is 18.6. The predicted octanol–water partition coefficient (Wildman–Crippen LogP) is 3.01. The van der Waals surface area contributed by atoms with Crippen LogP contribution in [0.4, 0.5) is 10.1 Å². The largest absolute Gasteiger partial charge is 0.493 e. The van der Waals surface area contributed by atoms with Gasteiger partial charge in [0.15, 0.2) is 11.5 Å². The Bertz CT molecular complexity index is 1480. The van der Waals surface area contributed by atoms with Crippen LogP contribution in [-0.4, -0.2) is 29.3 Å². The first-order valence-corrected chi connectivity index (χ1v) is 10.4. The molecule has 0 atom stereocenters. The molecule has 0 spiro atoms. The summed E-state index contributed by atoms with van der Waals surface area (Å²) in [5.74, 6) is 0.0663. The lowest BCUT2D eigenvalue weighted by atomic mass is 10.2. The van der Waals surface area contributed by atoms with E-state index >= 15 is 0 Å². The number of carbonyl (C=O) groups excluding carboxylic acids is 1. The Balaban J connectivity index is 1.70. The molecule has 34 heavy (non-hydrogen) atoms. The van der Waals surface area contributed by atoms with E-state index in [9.17, 15) is 18.8 Å². The van der Waals surface area contributed by atoms with Crippen LogP contribution < -0.4 is 26.0 Å². The van der Waals surface area contributed by atoms with Crippen molar-refractivity contribution in [2.75, 3.05) is 19.5 Å². The highest BCUT2D eigenvalue weighted by Gasteiger charge is 2.16. The summed E-state index contributed by atoms with van der Waals surface area (Å²) in [7, 11) is 2.99. The van der Waals surface area contributed by atoms with Gasteiger partial charge in [-0.2, -0.15) is 0 Å². The Morgan fingerprint density at radius 1 is 0.912 bits per heavy atom. The van der Waals surface area contributed by atoms with E-state index < -0.39 is 23.0 Å². The highest BCUT2D eigenvalue weighted by atomic mass is 19.1. The molecular formula is C25H22FN3O5. The van der Waals surface area contributed by atoms with Gasteiger partial charge in [-0.3, -0.25) is 18.7 Å². The van der Waals surface area contributed by atoms with E-state index in [0.29, 0.717) is 33.7 Å². The molecular weight excluding hydrogens is 441 g/mol. The second-order valence-corrected chi connectivity index (χ2v) is 7.52. The van der Waals surface area contributed by atoms with Crippen LogP contribution in [0, 0.1) is 5.82 Å². The molecule has 174 valence electrons. The summed E-state index contributed by atoms with van der Waals surface area (Å²) in [5, 5.41) is 3.03. The lowest BCUT2D eigenvalue weighted by Crippen LogP contribution is -2.42. The molecule has 4 aromatic rings. The quantitative estimate of drug-likeness (QED) is 0.455. The number of carbonyl (C=O) groups is 1. The first-order chi connectivity index (χ1) is 16.4. The number of hydrogen-bond donors (Lipinski definition) is 1. The molecule has 0 aliphatic carbocycles. The van der Waals surface area contributed by atoms with Crippen molar-refractivity contribution in [1.82, 2.24) is 9.13 Å². The minimum Gasteiger partial charge on any atom is -0.493 e. The summed E-state index contributed by atoms with van der Waals surface area (Å²) in [5.41, 5.74) is 0.254. The van der Waals surface area contributed by atoms with Crippen LogP contribution in [0.3, 0.4) is 0 Å². The standard InChI is InChI=1S/C25H22FN3O5/c1-33-21-12-11-18(13-22(21)34-2)27-23(30)15-28-20-6-4-3-5-19(20)24(31)29(25(28)32)14-16-7-9-17(26)10-8-16/h3-13H,14-15H2,1-2H3,(H,27,30). The van der Waals surface area contributed by atoms with Gasteiger partial charge in [0.1, 0.15) is 12.4 Å². The molecule has 1 aromatic heterocycles. The van der Waals surface area contributed by atoms with Crippen LogP contribution in [0.2, 0.25) is 0 Å². The summed E-state index contributed by atoms with van der Waals surface area (Å²) in [4.78, 5) is 39.2. The predicted molar refractivity (Wildman–Crippen MR) is 126 cm³/mol. The molecule has 4 rings (SSSR count). The smallest absolute Gasteiger partial charge is 0.332 e. The van der Waals surface area contributed by atoms with Gasteiger partial charge in [0.2, 0.25) is 5.91 Å². The van der Waals surface area contributed by atoms with Crippen molar-refractivity contribution < 1.29 is 18.7 Å². The van der Waals surface area contributed by atoms with Gasteiger partial charge in [0, 0.05) is 11.8 Å². The summed E-state index contributed by atoms with van der Waals surface area (Å²) in [6, 6.07) is 17.0. The van der Waals surface area contributed by atoms with Crippen molar-refractivity contribution in [3.63, 3.8) is 0 Å². The van der Waals surface area contributed by atoms with Crippen molar-refractivity contribution in [2.45, 2.75) is 13.1 Å². The minimum absolute atomic E-state index is 0.0555. The van der Waals surface area contributed by atoms with E-state index in [-0.39, 0.29) is 13.1 Å². The zero-order chi connectivity index (χ0) is 24.2. The monoisotopic (exact) mass is 463 g/mol. The molecule has 0 bridgehead atoms. The summed E-state index contributed by atoms with van der Waals surface area (Å²) in [6.07, 6.45) is 0. The van der Waals surface area contributed by atoms with Crippen LogP contribution in [0.1, 0.15) is 5.56 Å². The third-order valence-electron chi connectivity index (χ3n) is 5.36.